The first kappa shape index (κ1) is 30.7. The Bertz CT molecular complexity index is 1770. The van der Waals surface area contributed by atoms with Crippen molar-refractivity contribution < 1.29 is 40.7 Å². The fraction of sp³-hybridized carbons (Fsp3) is 0.143. The first-order valence-electron chi connectivity index (χ1n) is 12.8. The Labute approximate surface area is 248 Å². The SMILES string of the molecule is CCNC(=O)c1cc(-c2cn(-c3ccc(C(=O)C(F)(F)F)cc3)nn2)nc(-c2cn(-c3ccc(C(=O)C(F)(F)F)cc3)nn2)c1. The normalized spacial score (nSPS) is 11.8. The molecule has 0 bridgehead atoms. The number of pyridine rings is 1. The average Bonchev–Trinajstić information content (AvgIpc) is 3.71. The molecule has 11 nitrogen and oxygen atoms in total. The topological polar surface area (TPSA) is 138 Å². The van der Waals surface area contributed by atoms with Crippen LogP contribution in [0.4, 0.5) is 26.3 Å². The van der Waals surface area contributed by atoms with Crippen LogP contribution in [0.15, 0.2) is 73.1 Å². The summed E-state index contributed by atoms with van der Waals surface area (Å²) in [6.45, 7) is 2.04. The monoisotopic (exact) mass is 628 g/mol. The van der Waals surface area contributed by atoms with Gasteiger partial charge in [-0.1, -0.05) is 10.4 Å². The Morgan fingerprint density at radius 1 is 0.644 bits per heavy atom. The Hall–Kier alpha value is -5.74. The lowest BCUT2D eigenvalue weighted by Gasteiger charge is -2.07. The fourth-order valence-electron chi connectivity index (χ4n) is 4.06. The molecule has 17 heteroatoms. The van der Waals surface area contributed by atoms with Crippen LogP contribution in [-0.2, 0) is 0 Å². The highest BCUT2D eigenvalue weighted by atomic mass is 19.4. The van der Waals surface area contributed by atoms with Crippen LogP contribution < -0.4 is 5.32 Å². The lowest BCUT2D eigenvalue weighted by atomic mass is 10.1. The molecule has 45 heavy (non-hydrogen) atoms. The van der Waals surface area contributed by atoms with Gasteiger partial charge in [-0.3, -0.25) is 14.4 Å². The summed E-state index contributed by atoms with van der Waals surface area (Å²) < 4.78 is 78.9. The van der Waals surface area contributed by atoms with Crippen molar-refractivity contribution in [2.45, 2.75) is 19.3 Å². The number of alkyl halides is 6. The summed E-state index contributed by atoms with van der Waals surface area (Å²) in [4.78, 5) is 40.2. The first-order chi connectivity index (χ1) is 21.2. The molecule has 0 aliphatic rings. The van der Waals surface area contributed by atoms with Crippen LogP contribution in [0.1, 0.15) is 38.0 Å². The maximum absolute atomic E-state index is 12.7. The Morgan fingerprint density at radius 2 is 1.04 bits per heavy atom. The van der Waals surface area contributed by atoms with Gasteiger partial charge in [0.15, 0.2) is 0 Å². The van der Waals surface area contributed by atoms with Crippen molar-refractivity contribution in [3.05, 3.63) is 89.7 Å². The van der Waals surface area contributed by atoms with Crippen molar-refractivity contribution in [1.29, 1.82) is 0 Å². The summed E-state index contributed by atoms with van der Waals surface area (Å²) in [5, 5.41) is 18.7. The minimum absolute atomic E-state index is 0.172. The number of amides is 1. The Balaban J connectivity index is 1.46. The molecule has 5 rings (SSSR count). The molecule has 0 saturated heterocycles. The van der Waals surface area contributed by atoms with Crippen LogP contribution in [0.3, 0.4) is 0 Å². The van der Waals surface area contributed by atoms with Gasteiger partial charge in [0.05, 0.1) is 35.2 Å². The number of ketones is 2. The van der Waals surface area contributed by atoms with Gasteiger partial charge in [-0.2, -0.15) is 26.3 Å². The van der Waals surface area contributed by atoms with E-state index in [2.05, 4.69) is 30.9 Å². The van der Waals surface area contributed by atoms with E-state index in [1.54, 1.807) is 6.92 Å². The van der Waals surface area contributed by atoms with Gasteiger partial charge in [0.2, 0.25) is 0 Å². The van der Waals surface area contributed by atoms with Crippen LogP contribution in [0.2, 0.25) is 0 Å². The van der Waals surface area contributed by atoms with Crippen molar-refractivity contribution in [3.8, 4) is 34.2 Å². The van der Waals surface area contributed by atoms with Gasteiger partial charge in [-0.05, 0) is 67.6 Å². The first-order valence-corrected chi connectivity index (χ1v) is 12.8. The van der Waals surface area contributed by atoms with Crippen molar-refractivity contribution in [3.63, 3.8) is 0 Å². The van der Waals surface area contributed by atoms with Crippen molar-refractivity contribution in [1.82, 2.24) is 40.3 Å². The number of benzene rings is 2. The van der Waals surface area contributed by atoms with Gasteiger partial charge < -0.3 is 5.32 Å². The second kappa shape index (κ2) is 11.7. The number of rotatable bonds is 8. The quantitative estimate of drug-likeness (QED) is 0.191. The molecule has 230 valence electrons. The largest absolute Gasteiger partial charge is 0.454 e. The Kier molecular flexibility index (Phi) is 8.01. The van der Waals surface area contributed by atoms with Crippen molar-refractivity contribution in [2.75, 3.05) is 6.54 Å². The third kappa shape index (κ3) is 6.61. The van der Waals surface area contributed by atoms with Gasteiger partial charge in [0, 0.05) is 23.2 Å². The second-order valence-electron chi connectivity index (χ2n) is 9.33. The molecular formula is C28H18F6N8O3. The Morgan fingerprint density at radius 3 is 1.40 bits per heavy atom. The molecule has 3 heterocycles. The molecule has 1 N–H and O–H groups in total. The van der Waals surface area contributed by atoms with E-state index in [4.69, 9.17) is 0 Å². The highest BCUT2D eigenvalue weighted by Gasteiger charge is 2.40. The van der Waals surface area contributed by atoms with Gasteiger partial charge in [-0.15, -0.1) is 10.2 Å². The molecule has 0 fully saturated rings. The molecular weight excluding hydrogens is 610 g/mol. The number of carbonyl (C=O) groups is 3. The van der Waals surface area contributed by atoms with Crippen LogP contribution in [0.5, 0.6) is 0 Å². The third-order valence-corrected chi connectivity index (χ3v) is 6.24. The van der Waals surface area contributed by atoms with E-state index in [-0.39, 0.29) is 28.3 Å². The minimum atomic E-state index is -5.02. The lowest BCUT2D eigenvalue weighted by molar-refractivity contribution is -0.0888. The standard InChI is InChI=1S/C28H18F6N8O3/c1-2-35-26(45)17-11-20(22-13-41(39-37-22)18-7-3-15(4-8-18)24(43)27(29,30)31)36-21(12-17)23-14-42(40-38-23)19-9-5-16(6-10-19)25(44)28(32,33)34/h3-14H,2H2,1H3,(H,35,45). The van der Waals surface area contributed by atoms with Gasteiger partial charge in [0.25, 0.3) is 17.5 Å². The summed E-state index contributed by atoms with van der Waals surface area (Å²) >= 11 is 0. The minimum Gasteiger partial charge on any atom is -0.352 e. The zero-order valence-corrected chi connectivity index (χ0v) is 22.8. The summed E-state index contributed by atoms with van der Waals surface area (Å²) in [5.74, 6) is -4.42. The van der Waals surface area contributed by atoms with E-state index in [1.165, 1.54) is 58.2 Å². The molecule has 0 radical (unpaired) electrons. The highest BCUT2D eigenvalue weighted by molar-refractivity contribution is 6.01. The van der Waals surface area contributed by atoms with Crippen LogP contribution in [0.25, 0.3) is 34.2 Å². The van der Waals surface area contributed by atoms with Gasteiger partial charge >= 0.3 is 12.4 Å². The van der Waals surface area contributed by atoms with Crippen LogP contribution in [0, 0.1) is 0 Å². The smallest absolute Gasteiger partial charge is 0.352 e. The van der Waals surface area contributed by atoms with E-state index < -0.39 is 41.0 Å². The van der Waals surface area contributed by atoms with Crippen LogP contribution >= 0.6 is 0 Å². The van der Waals surface area contributed by atoms with Gasteiger partial charge in [0.1, 0.15) is 11.4 Å². The number of hydrogen-bond donors (Lipinski definition) is 1. The number of Topliss-reactive ketones (excluding diaryl/α,β-unsaturated/α-hetero) is 2. The zero-order valence-electron chi connectivity index (χ0n) is 22.8. The molecule has 0 saturated carbocycles. The zero-order chi connectivity index (χ0) is 32.5. The second-order valence-corrected chi connectivity index (χ2v) is 9.33. The number of aromatic nitrogens is 7. The summed E-state index contributed by atoms with van der Waals surface area (Å²) in [7, 11) is 0. The predicted molar refractivity (Wildman–Crippen MR) is 144 cm³/mol. The van der Waals surface area contributed by atoms with E-state index in [9.17, 15) is 40.7 Å². The maximum atomic E-state index is 12.7. The van der Waals surface area contributed by atoms with Crippen molar-refractivity contribution in [2.24, 2.45) is 0 Å². The summed E-state index contributed by atoms with van der Waals surface area (Å²) in [5.41, 5.74) is 0.354. The summed E-state index contributed by atoms with van der Waals surface area (Å²) in [6, 6.07) is 11.9. The van der Waals surface area contributed by atoms with E-state index in [1.807, 2.05) is 0 Å². The number of nitrogens with zero attached hydrogens (tertiary/aromatic N) is 7. The predicted octanol–water partition coefficient (Wildman–Crippen LogP) is 4.82. The molecule has 0 aliphatic carbocycles. The van der Waals surface area contributed by atoms with E-state index >= 15 is 0 Å². The molecule has 5 aromatic rings. The highest BCUT2D eigenvalue weighted by Crippen LogP contribution is 2.26. The third-order valence-electron chi connectivity index (χ3n) is 6.24. The van der Waals surface area contributed by atoms with E-state index in [0.29, 0.717) is 17.9 Å². The molecule has 0 unspecified atom stereocenters. The van der Waals surface area contributed by atoms with Crippen molar-refractivity contribution >= 4 is 17.5 Å². The van der Waals surface area contributed by atoms with E-state index in [0.717, 1.165) is 24.3 Å². The van der Waals surface area contributed by atoms with Gasteiger partial charge in [-0.25, -0.2) is 14.3 Å². The molecule has 0 atom stereocenters. The number of halogens is 6. The number of carbonyl (C=O) groups excluding carboxylic acids is 3. The molecule has 0 aliphatic heterocycles. The number of hydrogen-bond acceptors (Lipinski definition) is 8. The number of nitrogens with one attached hydrogen (secondary N) is 1. The maximum Gasteiger partial charge on any atom is 0.454 e. The molecule has 0 spiro atoms. The lowest BCUT2D eigenvalue weighted by Crippen LogP contribution is -2.22. The van der Waals surface area contributed by atoms with Crippen LogP contribution in [-0.4, -0.2) is 71.3 Å². The molecule has 1 amide bonds. The summed E-state index contributed by atoms with van der Waals surface area (Å²) in [6.07, 6.45) is -7.22. The fourth-order valence-corrected chi connectivity index (χ4v) is 4.06. The molecule has 2 aromatic carbocycles. The molecule has 3 aromatic heterocycles. The average molecular weight is 628 g/mol.